The van der Waals surface area contributed by atoms with E-state index in [1.807, 2.05) is 6.07 Å². The maximum absolute atomic E-state index is 5.86. The molecule has 0 N–H and O–H groups in total. The lowest BCUT2D eigenvalue weighted by Gasteiger charge is -2.21. The molecule has 0 saturated heterocycles. The van der Waals surface area contributed by atoms with Gasteiger partial charge in [-0.1, -0.05) is 38.3 Å². The summed E-state index contributed by atoms with van der Waals surface area (Å²) in [5, 5.41) is 4.68. The molecule has 3 rings (SSSR count). The molecule has 2 aromatic rings. The Bertz CT molecular complexity index is 570. The van der Waals surface area contributed by atoms with Gasteiger partial charge in [0.1, 0.15) is 12.4 Å². The van der Waals surface area contributed by atoms with Crippen molar-refractivity contribution in [2.45, 2.75) is 58.1 Å². The molecule has 1 saturated carbocycles. The number of nitrogens with zero attached hydrogens (tertiary/aromatic N) is 2. The molecule has 1 heterocycles. The highest BCUT2D eigenvalue weighted by Crippen LogP contribution is 2.27. The third-order valence-corrected chi connectivity index (χ3v) is 4.31. The quantitative estimate of drug-likeness (QED) is 0.806. The second-order valence-electron chi connectivity index (χ2n) is 5.87. The summed E-state index contributed by atoms with van der Waals surface area (Å²) in [5.41, 5.74) is 2.32. The Morgan fingerprint density at radius 1 is 1.19 bits per heavy atom. The normalized spacial score (nSPS) is 16.0. The zero-order chi connectivity index (χ0) is 14.5. The van der Waals surface area contributed by atoms with E-state index in [2.05, 4.69) is 47.2 Å². The van der Waals surface area contributed by atoms with Crippen LogP contribution in [0, 0.1) is 0 Å². The topological polar surface area (TPSA) is 27.1 Å². The minimum absolute atomic E-state index is 0.548. The van der Waals surface area contributed by atoms with E-state index in [0.29, 0.717) is 12.6 Å². The van der Waals surface area contributed by atoms with Crippen LogP contribution >= 0.6 is 0 Å². The third-order valence-electron chi connectivity index (χ3n) is 4.31. The second-order valence-corrected chi connectivity index (χ2v) is 5.87. The van der Waals surface area contributed by atoms with Crippen LogP contribution < -0.4 is 4.74 Å². The Labute approximate surface area is 126 Å². The summed E-state index contributed by atoms with van der Waals surface area (Å²) in [7, 11) is 0. The van der Waals surface area contributed by atoms with Crippen molar-refractivity contribution in [1.29, 1.82) is 0 Å². The first-order valence-corrected chi connectivity index (χ1v) is 8.11. The molecule has 1 fully saturated rings. The van der Waals surface area contributed by atoms with E-state index in [4.69, 9.17) is 4.74 Å². The minimum Gasteiger partial charge on any atom is -0.487 e. The fourth-order valence-electron chi connectivity index (χ4n) is 3.02. The minimum atomic E-state index is 0.548. The molecule has 1 aromatic heterocycles. The van der Waals surface area contributed by atoms with Gasteiger partial charge in [-0.15, -0.1) is 0 Å². The molecule has 1 aromatic carbocycles. The first-order chi connectivity index (χ1) is 10.3. The maximum Gasteiger partial charge on any atom is 0.132 e. The van der Waals surface area contributed by atoms with Crippen LogP contribution in [0.25, 0.3) is 0 Å². The molecule has 3 nitrogen and oxygen atoms in total. The van der Waals surface area contributed by atoms with E-state index in [0.717, 1.165) is 17.9 Å². The van der Waals surface area contributed by atoms with Gasteiger partial charge < -0.3 is 4.74 Å². The SMILES string of the molecule is CCc1cccc(OCc2ccn(C3CCCCC3)n2)c1. The number of aromatic nitrogens is 2. The number of ether oxygens (including phenoxy) is 1. The number of aryl methyl sites for hydroxylation is 1. The molecule has 0 unspecified atom stereocenters. The van der Waals surface area contributed by atoms with Crippen molar-refractivity contribution in [1.82, 2.24) is 9.78 Å². The molecule has 0 atom stereocenters. The Morgan fingerprint density at radius 3 is 2.86 bits per heavy atom. The molecule has 1 aliphatic rings. The molecule has 0 radical (unpaired) electrons. The van der Waals surface area contributed by atoms with Gasteiger partial charge in [-0.05, 0) is 43.0 Å². The van der Waals surface area contributed by atoms with Crippen LogP contribution in [0.3, 0.4) is 0 Å². The highest BCUT2D eigenvalue weighted by atomic mass is 16.5. The zero-order valence-electron chi connectivity index (χ0n) is 12.8. The smallest absolute Gasteiger partial charge is 0.132 e. The Kier molecular flexibility index (Phi) is 4.59. The van der Waals surface area contributed by atoms with Gasteiger partial charge in [0.2, 0.25) is 0 Å². The highest BCUT2D eigenvalue weighted by molar-refractivity contribution is 5.28. The lowest BCUT2D eigenvalue weighted by atomic mass is 9.96. The van der Waals surface area contributed by atoms with Crippen LogP contribution in [0.1, 0.15) is 56.3 Å². The first kappa shape index (κ1) is 14.2. The van der Waals surface area contributed by atoms with Gasteiger partial charge in [-0.25, -0.2) is 0 Å². The summed E-state index contributed by atoms with van der Waals surface area (Å²) < 4.78 is 8.00. The molecule has 0 bridgehead atoms. The molecule has 0 spiro atoms. The standard InChI is InChI=1S/C18H24N2O/c1-2-15-7-6-10-18(13-15)21-14-16-11-12-20(19-16)17-8-4-3-5-9-17/h6-7,10-13,17H,2-5,8-9,14H2,1H3. The van der Waals surface area contributed by atoms with Crippen molar-refractivity contribution in [3.63, 3.8) is 0 Å². The van der Waals surface area contributed by atoms with Crippen LogP contribution in [0.2, 0.25) is 0 Å². The fourth-order valence-corrected chi connectivity index (χ4v) is 3.02. The van der Waals surface area contributed by atoms with E-state index < -0.39 is 0 Å². The second kappa shape index (κ2) is 6.79. The molecule has 1 aliphatic carbocycles. The van der Waals surface area contributed by atoms with Gasteiger partial charge in [-0.2, -0.15) is 5.10 Å². The van der Waals surface area contributed by atoms with E-state index in [9.17, 15) is 0 Å². The predicted molar refractivity (Wildman–Crippen MR) is 84.5 cm³/mol. The van der Waals surface area contributed by atoms with Crippen LogP contribution in [0.5, 0.6) is 5.75 Å². The lowest BCUT2D eigenvalue weighted by molar-refractivity contribution is 0.291. The maximum atomic E-state index is 5.86. The van der Waals surface area contributed by atoms with Crippen molar-refractivity contribution < 1.29 is 4.74 Å². The molecule has 0 amide bonds. The summed E-state index contributed by atoms with van der Waals surface area (Å²) >= 11 is 0. The summed E-state index contributed by atoms with van der Waals surface area (Å²) in [6.07, 6.45) is 9.72. The Morgan fingerprint density at radius 2 is 2.05 bits per heavy atom. The van der Waals surface area contributed by atoms with Crippen molar-refractivity contribution in [3.05, 3.63) is 47.8 Å². The van der Waals surface area contributed by atoms with Crippen LogP contribution in [-0.2, 0) is 13.0 Å². The molecule has 3 heteroatoms. The number of benzene rings is 1. The third kappa shape index (κ3) is 3.66. The molecule has 112 valence electrons. The molecule has 0 aliphatic heterocycles. The number of hydrogen-bond donors (Lipinski definition) is 0. The van der Waals surface area contributed by atoms with E-state index in [-0.39, 0.29) is 0 Å². The molecular weight excluding hydrogens is 260 g/mol. The monoisotopic (exact) mass is 284 g/mol. The van der Waals surface area contributed by atoms with Crippen molar-refractivity contribution in [2.24, 2.45) is 0 Å². The zero-order valence-corrected chi connectivity index (χ0v) is 12.8. The van der Waals surface area contributed by atoms with E-state index in [1.54, 1.807) is 0 Å². The van der Waals surface area contributed by atoms with Crippen molar-refractivity contribution in [2.75, 3.05) is 0 Å². The summed E-state index contributed by atoms with van der Waals surface area (Å²) in [6, 6.07) is 11.0. The van der Waals surface area contributed by atoms with Crippen LogP contribution in [-0.4, -0.2) is 9.78 Å². The van der Waals surface area contributed by atoms with Gasteiger partial charge in [0.25, 0.3) is 0 Å². The average Bonchev–Trinajstić information content (AvgIpc) is 3.03. The van der Waals surface area contributed by atoms with Crippen LogP contribution in [0.15, 0.2) is 36.5 Å². The Balaban J connectivity index is 1.59. The average molecular weight is 284 g/mol. The number of hydrogen-bond acceptors (Lipinski definition) is 2. The molecular formula is C18H24N2O. The van der Waals surface area contributed by atoms with E-state index >= 15 is 0 Å². The van der Waals surface area contributed by atoms with Gasteiger partial charge in [0.05, 0.1) is 11.7 Å². The molecule has 21 heavy (non-hydrogen) atoms. The largest absolute Gasteiger partial charge is 0.487 e. The summed E-state index contributed by atoms with van der Waals surface area (Å²) in [5.74, 6) is 0.932. The number of rotatable bonds is 5. The Hall–Kier alpha value is -1.77. The summed E-state index contributed by atoms with van der Waals surface area (Å²) in [4.78, 5) is 0. The van der Waals surface area contributed by atoms with Crippen molar-refractivity contribution >= 4 is 0 Å². The van der Waals surface area contributed by atoms with Gasteiger partial charge >= 0.3 is 0 Å². The van der Waals surface area contributed by atoms with Crippen LogP contribution in [0.4, 0.5) is 0 Å². The predicted octanol–water partition coefficient (Wildman–Crippen LogP) is 4.53. The lowest BCUT2D eigenvalue weighted by Crippen LogP contribution is -2.13. The summed E-state index contributed by atoms with van der Waals surface area (Å²) in [6.45, 7) is 2.71. The van der Waals surface area contributed by atoms with E-state index in [1.165, 1.54) is 37.7 Å². The van der Waals surface area contributed by atoms with Gasteiger partial charge in [0.15, 0.2) is 0 Å². The van der Waals surface area contributed by atoms with Gasteiger partial charge in [0, 0.05) is 6.20 Å². The first-order valence-electron chi connectivity index (χ1n) is 8.11. The fraction of sp³-hybridized carbons (Fsp3) is 0.500. The van der Waals surface area contributed by atoms with Crippen molar-refractivity contribution in [3.8, 4) is 5.75 Å². The van der Waals surface area contributed by atoms with Gasteiger partial charge in [-0.3, -0.25) is 4.68 Å². The highest BCUT2D eigenvalue weighted by Gasteiger charge is 2.16.